The molecule has 7 rings (SSSR count). The number of aromatic nitrogens is 1. The number of thiazole rings is 1. The zero-order valence-electron chi connectivity index (χ0n) is 41.1. The van der Waals surface area contributed by atoms with Crippen molar-refractivity contribution in [3.8, 4) is 38.1 Å². The van der Waals surface area contributed by atoms with Crippen molar-refractivity contribution in [2.45, 2.75) is 58.8 Å². The number of fused-ring (bicyclic) bond motifs is 1. The molecule has 4 N–H and O–H groups in total. The zero-order chi connectivity index (χ0) is 51.2. The molecule has 72 heavy (non-hydrogen) atoms. The van der Waals surface area contributed by atoms with Crippen LogP contribution in [0.4, 0.5) is 0 Å². The second kappa shape index (κ2) is 25.4. The van der Waals surface area contributed by atoms with Crippen LogP contribution in [0.2, 0.25) is 0 Å². The number of thiophene rings is 1. The van der Waals surface area contributed by atoms with E-state index >= 15 is 0 Å². The minimum absolute atomic E-state index is 0.0242. The van der Waals surface area contributed by atoms with Crippen LogP contribution >= 0.6 is 22.7 Å². The van der Waals surface area contributed by atoms with Gasteiger partial charge in [0.1, 0.15) is 42.5 Å². The highest BCUT2D eigenvalue weighted by Crippen LogP contribution is 2.42. The predicted octanol–water partition coefficient (Wildman–Crippen LogP) is 7.20. The summed E-state index contributed by atoms with van der Waals surface area (Å²) in [6, 6.07) is 25.5. The molecule has 382 valence electrons. The number of nitrogens with one attached hydrogen (secondary N) is 2. The highest BCUT2D eigenvalue weighted by Gasteiger charge is 2.44. The summed E-state index contributed by atoms with van der Waals surface area (Å²) in [6.45, 7) is 9.71. The van der Waals surface area contributed by atoms with Gasteiger partial charge in [0.05, 0.1) is 75.5 Å². The molecule has 0 aliphatic carbocycles. The molecule has 1 aliphatic heterocycles. The minimum atomic E-state index is -0.975. The third-order valence-corrected chi connectivity index (χ3v) is 14.1. The minimum Gasteiger partial charge on any atom is -0.508 e. The standard InChI is InChI=1S/C54H62N4O12S2/c1-34-49(71-33-56-34)37-8-6-35(7-9-37)30-55-52(63)44-28-40(60)31-58(44)53(64)51(54(2,3)4)57-46(61)32-69-25-24-67-21-20-66-22-23-68-26-27-70-41-16-12-36(13-17-41)48(62)47-43-19-18-42(65-5)29-45(43)72-50(47)38-10-14-39(59)15-11-38/h6-19,29,33,40,44,51,59-60H,20-28,30-32H2,1-5H3,(H,55,63)(H,57,61)/t40-,44+,51?/m1/s1. The number of ether oxygens (including phenoxy) is 6. The van der Waals surface area contributed by atoms with E-state index in [2.05, 4.69) is 15.6 Å². The van der Waals surface area contributed by atoms with Gasteiger partial charge in [-0.05, 0) is 95.8 Å². The van der Waals surface area contributed by atoms with Crippen molar-refractivity contribution in [1.82, 2.24) is 20.5 Å². The Morgan fingerprint density at radius 3 is 2.03 bits per heavy atom. The summed E-state index contributed by atoms with van der Waals surface area (Å²) in [4.78, 5) is 61.8. The molecule has 3 amide bonds. The Balaban J connectivity index is 0.742. The Hall–Kier alpha value is -6.25. The van der Waals surface area contributed by atoms with Crippen molar-refractivity contribution < 1.29 is 57.8 Å². The number of hydrogen-bond donors (Lipinski definition) is 4. The number of phenols is 1. The first-order valence-electron chi connectivity index (χ1n) is 23.7. The maximum absolute atomic E-state index is 14.0. The van der Waals surface area contributed by atoms with Gasteiger partial charge in [0.15, 0.2) is 5.78 Å². The molecule has 1 saturated heterocycles. The molecule has 0 radical (unpaired) electrons. The number of benzene rings is 4. The number of carbonyl (C=O) groups excluding carboxylic acids is 4. The van der Waals surface area contributed by atoms with Gasteiger partial charge in [0, 0.05) is 45.6 Å². The van der Waals surface area contributed by atoms with E-state index in [1.807, 2.05) is 75.7 Å². The van der Waals surface area contributed by atoms with Crippen molar-refractivity contribution in [1.29, 1.82) is 0 Å². The molecule has 1 unspecified atom stereocenters. The molecule has 0 bridgehead atoms. The van der Waals surface area contributed by atoms with Gasteiger partial charge < -0.3 is 54.2 Å². The molecule has 1 aliphatic rings. The number of aromatic hydroxyl groups is 1. The number of aliphatic hydroxyl groups is 1. The van der Waals surface area contributed by atoms with Gasteiger partial charge in [0.25, 0.3) is 0 Å². The van der Waals surface area contributed by atoms with Crippen molar-refractivity contribution >= 4 is 56.3 Å². The average molecular weight is 1020 g/mol. The molecule has 16 nitrogen and oxygen atoms in total. The number of phenolic OH excluding ortho intramolecular Hbond substituents is 1. The van der Waals surface area contributed by atoms with Crippen LogP contribution in [0.1, 0.15) is 54.4 Å². The lowest BCUT2D eigenvalue weighted by Crippen LogP contribution is -2.58. The van der Waals surface area contributed by atoms with Gasteiger partial charge in [-0.1, -0.05) is 45.0 Å². The Morgan fingerprint density at radius 1 is 0.792 bits per heavy atom. The van der Waals surface area contributed by atoms with E-state index in [1.165, 1.54) is 16.2 Å². The van der Waals surface area contributed by atoms with Crippen LogP contribution in [-0.4, -0.2) is 135 Å². The van der Waals surface area contributed by atoms with Crippen LogP contribution in [0.5, 0.6) is 17.2 Å². The second-order valence-corrected chi connectivity index (χ2v) is 20.2. The molecule has 3 heterocycles. The lowest BCUT2D eigenvalue weighted by molar-refractivity contribution is -0.144. The number of carbonyl (C=O) groups is 4. The summed E-state index contributed by atoms with van der Waals surface area (Å²) in [7, 11) is 1.61. The number of methoxy groups -OCH3 is 1. The molecule has 1 fully saturated rings. The number of nitrogens with zero attached hydrogens (tertiary/aromatic N) is 2. The van der Waals surface area contributed by atoms with Crippen LogP contribution in [0.25, 0.3) is 31.0 Å². The van der Waals surface area contributed by atoms with E-state index in [-0.39, 0.29) is 56.8 Å². The van der Waals surface area contributed by atoms with Gasteiger partial charge in [-0.3, -0.25) is 19.2 Å². The largest absolute Gasteiger partial charge is 0.508 e. The number of ketones is 1. The van der Waals surface area contributed by atoms with Gasteiger partial charge in [-0.15, -0.1) is 22.7 Å². The van der Waals surface area contributed by atoms with E-state index in [0.29, 0.717) is 62.3 Å². The molecular weight excluding hydrogens is 961 g/mol. The predicted molar refractivity (Wildman–Crippen MR) is 276 cm³/mol. The number of aliphatic hydroxyl groups excluding tert-OH is 1. The third-order valence-electron chi connectivity index (χ3n) is 11.9. The van der Waals surface area contributed by atoms with E-state index in [1.54, 1.807) is 67.0 Å². The molecule has 0 spiro atoms. The molecular formula is C54H62N4O12S2. The van der Waals surface area contributed by atoms with Crippen LogP contribution in [0, 0.1) is 12.3 Å². The molecule has 2 aromatic heterocycles. The first-order valence-corrected chi connectivity index (χ1v) is 25.4. The van der Waals surface area contributed by atoms with Crippen LogP contribution < -0.4 is 20.1 Å². The number of β-amino-alcohol motifs (C(OH)–C–C–N with tert-alkyl or cyclic N) is 1. The maximum Gasteiger partial charge on any atom is 0.246 e. The SMILES string of the molecule is COc1ccc2c(C(=O)c3ccc(OCCOCCOCCOCCOCC(=O)NC(C(=O)N4C[C@H](O)C[C@H]4C(=O)NCc4ccc(-c5scnc5C)cc4)C(C)(C)C)cc3)c(-c3ccc(O)cc3)sc2c1. The monoisotopic (exact) mass is 1020 g/mol. The number of aryl methyl sites for hydroxylation is 1. The Kier molecular flexibility index (Phi) is 18.9. The summed E-state index contributed by atoms with van der Waals surface area (Å²) in [5.74, 6) is 0.00241. The first-order chi connectivity index (χ1) is 34.7. The molecule has 6 aromatic rings. The number of hydrogen-bond acceptors (Lipinski definition) is 15. The first kappa shape index (κ1) is 53.5. The van der Waals surface area contributed by atoms with Crippen LogP contribution in [0.15, 0.2) is 96.5 Å². The summed E-state index contributed by atoms with van der Waals surface area (Å²) in [5, 5.41) is 26.9. The van der Waals surface area contributed by atoms with Crippen molar-refractivity contribution in [2.75, 3.05) is 73.1 Å². The number of likely N-dealkylation sites (tertiary alicyclic amines) is 1. The lowest BCUT2D eigenvalue weighted by Gasteiger charge is -2.35. The fraction of sp³-hybridized carbons (Fsp3) is 0.389. The van der Waals surface area contributed by atoms with Gasteiger partial charge in [0.2, 0.25) is 17.7 Å². The van der Waals surface area contributed by atoms with Gasteiger partial charge >= 0.3 is 0 Å². The van der Waals surface area contributed by atoms with E-state index < -0.39 is 35.4 Å². The normalized spacial score (nSPS) is 15.1. The average Bonchev–Trinajstić information content (AvgIpc) is 4.10. The smallest absolute Gasteiger partial charge is 0.246 e. The van der Waals surface area contributed by atoms with E-state index in [9.17, 15) is 29.4 Å². The van der Waals surface area contributed by atoms with Gasteiger partial charge in [-0.25, -0.2) is 4.98 Å². The number of rotatable bonds is 25. The maximum atomic E-state index is 14.0. The Bertz CT molecular complexity index is 2750. The van der Waals surface area contributed by atoms with Gasteiger partial charge in [-0.2, -0.15) is 0 Å². The summed E-state index contributed by atoms with van der Waals surface area (Å²) < 4.78 is 34.5. The van der Waals surface area contributed by atoms with Crippen molar-refractivity contribution in [2.24, 2.45) is 5.41 Å². The highest BCUT2D eigenvalue weighted by molar-refractivity contribution is 7.22. The van der Waals surface area contributed by atoms with Crippen molar-refractivity contribution in [3.05, 3.63) is 119 Å². The molecule has 4 aromatic carbocycles. The molecule has 18 heteroatoms. The highest BCUT2D eigenvalue weighted by atomic mass is 32.1. The summed E-state index contributed by atoms with van der Waals surface area (Å²) in [5.41, 5.74) is 5.93. The van der Waals surface area contributed by atoms with E-state index in [4.69, 9.17) is 28.4 Å². The Labute approximate surface area is 427 Å². The summed E-state index contributed by atoms with van der Waals surface area (Å²) in [6.07, 6.45) is -0.789. The molecule has 0 saturated carbocycles. The topological polar surface area (TPSA) is 204 Å². The molecule has 3 atom stereocenters. The van der Waals surface area contributed by atoms with Crippen LogP contribution in [0.3, 0.4) is 0 Å². The van der Waals surface area contributed by atoms with E-state index in [0.717, 1.165) is 42.2 Å². The van der Waals surface area contributed by atoms with Crippen molar-refractivity contribution in [3.63, 3.8) is 0 Å². The van der Waals surface area contributed by atoms with Crippen LogP contribution in [-0.2, 0) is 39.9 Å². The fourth-order valence-corrected chi connectivity index (χ4v) is 10.2. The number of amides is 3. The second-order valence-electron chi connectivity index (χ2n) is 18.3. The quantitative estimate of drug-likeness (QED) is 0.0331. The summed E-state index contributed by atoms with van der Waals surface area (Å²) >= 11 is 3.07. The lowest BCUT2D eigenvalue weighted by atomic mass is 9.85. The zero-order valence-corrected chi connectivity index (χ0v) is 42.8. The third kappa shape index (κ3) is 14.2. The fourth-order valence-electron chi connectivity index (χ4n) is 8.12. The Morgan fingerprint density at radius 2 is 1.40 bits per heavy atom.